The molecule has 0 aromatic rings. The Balaban J connectivity index is 1.44. The fourth-order valence-corrected chi connectivity index (χ4v) is 14.5. The second kappa shape index (κ2) is 9.66. The van der Waals surface area contributed by atoms with E-state index in [1.807, 2.05) is 0 Å². The SMILES string of the molecule is CC(C)[Si](OO[C@H]1CC[C@@]2(C)C(CC[C@H]3[C@@H]4CC=C[C@@]4(CC(=O)O)CC[C@@H]32)C1)(C(C)C)C(C)C. The van der Waals surface area contributed by atoms with Crippen molar-refractivity contribution in [1.82, 2.24) is 0 Å². The van der Waals surface area contributed by atoms with Gasteiger partial charge in [0.05, 0.1) is 12.5 Å². The molecular weight excluding hydrogens is 440 g/mol. The molecule has 0 aliphatic heterocycles. The van der Waals surface area contributed by atoms with Gasteiger partial charge in [-0.25, -0.2) is 4.89 Å². The van der Waals surface area contributed by atoms with E-state index in [1.54, 1.807) is 0 Å². The normalized spacial score (nSPS) is 39.9. The topological polar surface area (TPSA) is 55.8 Å². The van der Waals surface area contributed by atoms with Crippen molar-refractivity contribution in [2.75, 3.05) is 0 Å². The van der Waals surface area contributed by atoms with Gasteiger partial charge >= 0.3 is 5.97 Å². The summed E-state index contributed by atoms with van der Waals surface area (Å²) in [5.74, 6) is 2.02. The minimum Gasteiger partial charge on any atom is -0.481 e. The van der Waals surface area contributed by atoms with Crippen LogP contribution in [0, 0.1) is 34.5 Å². The first-order chi connectivity index (χ1) is 16.0. The molecule has 4 nitrogen and oxygen atoms in total. The van der Waals surface area contributed by atoms with Gasteiger partial charge in [0, 0.05) is 5.41 Å². The number of hydrogen-bond donors (Lipinski definition) is 1. The average Bonchev–Trinajstić information content (AvgIpc) is 3.16. The Morgan fingerprint density at radius 3 is 2.29 bits per heavy atom. The van der Waals surface area contributed by atoms with E-state index in [2.05, 4.69) is 60.6 Å². The Morgan fingerprint density at radius 1 is 1.00 bits per heavy atom. The monoisotopic (exact) mass is 490 g/mol. The predicted molar refractivity (Wildman–Crippen MR) is 140 cm³/mol. The van der Waals surface area contributed by atoms with Crippen LogP contribution in [0.15, 0.2) is 12.2 Å². The van der Waals surface area contributed by atoms with Gasteiger partial charge in [0.25, 0.3) is 0 Å². The van der Waals surface area contributed by atoms with Crippen LogP contribution < -0.4 is 0 Å². The summed E-state index contributed by atoms with van der Waals surface area (Å²) in [4.78, 5) is 18.1. The molecule has 0 aromatic heterocycles. The van der Waals surface area contributed by atoms with Gasteiger partial charge in [-0.15, -0.1) is 0 Å². The molecule has 0 heterocycles. The van der Waals surface area contributed by atoms with Crippen LogP contribution in [0.1, 0.15) is 106 Å². The number of carboxylic acid groups (broad SMARTS) is 1. The maximum absolute atomic E-state index is 11.7. The molecule has 0 aromatic carbocycles. The van der Waals surface area contributed by atoms with Gasteiger partial charge in [-0.2, -0.15) is 0 Å². The van der Waals surface area contributed by atoms with Crippen LogP contribution in [-0.2, 0) is 14.3 Å². The van der Waals surface area contributed by atoms with E-state index >= 15 is 0 Å². The molecule has 0 saturated heterocycles. The van der Waals surface area contributed by atoms with E-state index in [1.165, 1.54) is 25.7 Å². The van der Waals surface area contributed by atoms with Crippen LogP contribution in [0.4, 0.5) is 0 Å². The molecule has 3 saturated carbocycles. The van der Waals surface area contributed by atoms with Gasteiger partial charge < -0.3 is 5.11 Å². The van der Waals surface area contributed by atoms with Crippen LogP contribution in [0.5, 0.6) is 0 Å². The van der Waals surface area contributed by atoms with E-state index in [0.29, 0.717) is 46.2 Å². The minimum absolute atomic E-state index is 0.0805. The zero-order valence-electron chi connectivity index (χ0n) is 22.8. The van der Waals surface area contributed by atoms with Crippen molar-refractivity contribution in [3.05, 3.63) is 12.2 Å². The summed E-state index contributed by atoms with van der Waals surface area (Å²) in [6.45, 7) is 16.5. The van der Waals surface area contributed by atoms with Crippen molar-refractivity contribution >= 4 is 14.3 Å². The van der Waals surface area contributed by atoms with Crippen molar-refractivity contribution in [1.29, 1.82) is 0 Å². The van der Waals surface area contributed by atoms with Gasteiger partial charge in [-0.3, -0.25) is 9.37 Å². The lowest BCUT2D eigenvalue weighted by Gasteiger charge is -2.60. The Labute approximate surface area is 209 Å². The van der Waals surface area contributed by atoms with Crippen molar-refractivity contribution in [2.45, 2.75) is 129 Å². The van der Waals surface area contributed by atoms with Crippen molar-refractivity contribution in [3.8, 4) is 0 Å². The van der Waals surface area contributed by atoms with Gasteiger partial charge in [0.15, 0.2) is 0 Å². The predicted octanol–water partition coefficient (Wildman–Crippen LogP) is 8.14. The smallest absolute Gasteiger partial charge is 0.304 e. The Bertz CT molecular complexity index is 754. The molecule has 1 unspecified atom stereocenters. The third-order valence-corrected chi connectivity index (χ3v) is 17.0. The molecule has 7 atom stereocenters. The van der Waals surface area contributed by atoms with Crippen molar-refractivity contribution in [3.63, 3.8) is 0 Å². The average molecular weight is 491 g/mol. The summed E-state index contributed by atoms with van der Waals surface area (Å²) in [6, 6.07) is 0. The number of allylic oxidation sites excluding steroid dienone is 2. The van der Waals surface area contributed by atoms with Crippen LogP contribution in [0.2, 0.25) is 16.6 Å². The molecule has 4 aliphatic carbocycles. The van der Waals surface area contributed by atoms with E-state index in [0.717, 1.165) is 31.6 Å². The molecule has 1 N–H and O–H groups in total. The van der Waals surface area contributed by atoms with Crippen molar-refractivity contribution in [2.24, 2.45) is 34.5 Å². The fourth-order valence-electron chi connectivity index (χ4n) is 9.61. The number of carboxylic acids is 1. The van der Waals surface area contributed by atoms with Gasteiger partial charge in [0.1, 0.15) is 0 Å². The van der Waals surface area contributed by atoms with Gasteiger partial charge in [-0.1, -0.05) is 60.6 Å². The van der Waals surface area contributed by atoms with Crippen LogP contribution in [0.25, 0.3) is 0 Å². The highest BCUT2D eigenvalue weighted by Gasteiger charge is 2.59. The molecular formula is C29H50O4Si. The number of rotatable bonds is 8. The maximum Gasteiger partial charge on any atom is 0.304 e. The zero-order chi connectivity index (χ0) is 24.9. The highest BCUT2D eigenvalue weighted by Crippen LogP contribution is 2.66. The van der Waals surface area contributed by atoms with E-state index in [4.69, 9.17) is 9.46 Å². The highest BCUT2D eigenvalue weighted by atomic mass is 28.4. The van der Waals surface area contributed by atoms with Crippen molar-refractivity contribution < 1.29 is 19.4 Å². The lowest BCUT2D eigenvalue weighted by molar-refractivity contribution is -0.279. The first-order valence-electron chi connectivity index (χ1n) is 14.2. The third kappa shape index (κ3) is 4.26. The van der Waals surface area contributed by atoms with Gasteiger partial charge in [-0.05, 0) is 97.1 Å². The Kier molecular flexibility index (Phi) is 7.51. The number of hydrogen-bond acceptors (Lipinski definition) is 3. The number of aliphatic carboxylic acids is 1. The fraction of sp³-hybridized carbons (Fsp3) is 0.897. The summed E-state index contributed by atoms with van der Waals surface area (Å²) in [5.41, 5.74) is 1.88. The molecule has 34 heavy (non-hydrogen) atoms. The molecule has 4 aliphatic rings. The third-order valence-electron chi connectivity index (χ3n) is 11.2. The quantitative estimate of drug-likeness (QED) is 0.161. The summed E-state index contributed by atoms with van der Waals surface area (Å²) < 4.78 is 6.55. The number of fused-ring (bicyclic) bond motifs is 5. The molecule has 0 bridgehead atoms. The Hall–Kier alpha value is -0.653. The summed E-state index contributed by atoms with van der Waals surface area (Å²) >= 11 is 0. The van der Waals surface area contributed by atoms with E-state index in [9.17, 15) is 9.90 Å². The second-order valence-corrected chi connectivity index (χ2v) is 18.9. The Morgan fingerprint density at radius 2 is 1.68 bits per heavy atom. The van der Waals surface area contributed by atoms with Crippen LogP contribution in [0.3, 0.4) is 0 Å². The summed E-state index contributed by atoms with van der Waals surface area (Å²) in [7, 11) is -2.02. The molecule has 194 valence electrons. The van der Waals surface area contributed by atoms with Gasteiger partial charge in [0.2, 0.25) is 8.32 Å². The largest absolute Gasteiger partial charge is 0.481 e. The lowest BCUT2D eigenvalue weighted by atomic mass is 9.44. The summed E-state index contributed by atoms with van der Waals surface area (Å²) in [5, 5.41) is 9.62. The maximum atomic E-state index is 11.7. The molecule has 4 rings (SSSR count). The van der Waals surface area contributed by atoms with E-state index < -0.39 is 14.3 Å². The molecule has 0 radical (unpaired) electrons. The molecule has 0 spiro atoms. The molecule has 3 fully saturated rings. The highest BCUT2D eigenvalue weighted by molar-refractivity contribution is 6.77. The number of carbonyl (C=O) groups is 1. The van der Waals surface area contributed by atoms with E-state index in [-0.39, 0.29) is 11.5 Å². The zero-order valence-corrected chi connectivity index (χ0v) is 23.8. The first kappa shape index (κ1) is 26.4. The van der Waals surface area contributed by atoms with Crippen LogP contribution in [-0.4, -0.2) is 25.5 Å². The standard InChI is InChI=1S/C29H50O4Si/c1-19(2)34(20(3)4,21(5)6)33-32-23-12-15-28(7)22(17-23)10-11-24-25(28)13-16-29(18-27(30)31)14-8-9-26(24)29/h8,14,19-26H,9-13,15-18H2,1-7H3,(H,30,31)/t22?,23-,24+,25-,26-,28-,29-/m0/s1. The molecule has 0 amide bonds. The summed E-state index contributed by atoms with van der Waals surface area (Å²) in [6.07, 6.45) is 14.4. The minimum atomic E-state index is -2.02. The first-order valence-corrected chi connectivity index (χ1v) is 16.3. The lowest BCUT2D eigenvalue weighted by Crippen LogP contribution is -2.54. The second-order valence-electron chi connectivity index (χ2n) is 13.5. The molecule has 5 heteroatoms. The van der Waals surface area contributed by atoms with Crippen LogP contribution >= 0.6 is 0 Å².